The van der Waals surface area contributed by atoms with E-state index in [2.05, 4.69) is 6.07 Å². The number of carbonyl (C=O) groups excluding carboxylic acids is 1. The van der Waals surface area contributed by atoms with Gasteiger partial charge in [0.05, 0.1) is 27.8 Å². The van der Waals surface area contributed by atoms with Crippen LogP contribution in [0.15, 0.2) is 52.4 Å². The first-order valence-electron chi connectivity index (χ1n) is 6.51. The molecule has 0 unspecified atom stereocenters. The van der Waals surface area contributed by atoms with Crippen molar-refractivity contribution < 1.29 is 9.18 Å². The summed E-state index contributed by atoms with van der Waals surface area (Å²) in [5.41, 5.74) is 6.79. The molecule has 2 heterocycles. The smallest absolute Gasteiger partial charge is 0.177 e. The number of benzene rings is 1. The number of thioether (sulfide) groups is 1. The number of hydrogen-bond acceptors (Lipinski definition) is 5. The third-order valence-corrected chi connectivity index (χ3v) is 5.66. The van der Waals surface area contributed by atoms with Gasteiger partial charge in [-0.15, -0.1) is 11.3 Å². The van der Waals surface area contributed by atoms with Gasteiger partial charge in [-0.1, -0.05) is 17.8 Å². The molecule has 0 bridgehead atoms. The van der Waals surface area contributed by atoms with E-state index < -0.39 is 5.25 Å². The molecule has 0 radical (unpaired) electrons. The Morgan fingerprint density at radius 3 is 2.59 bits per heavy atom. The lowest BCUT2D eigenvalue weighted by Crippen LogP contribution is -2.22. The molecular formula is C16H11FN2OS2. The highest BCUT2D eigenvalue weighted by atomic mass is 32.2. The first kappa shape index (κ1) is 14.8. The SMILES string of the molecule is N#CC1=C(N)S[C@H](C(=O)c2ccc(F)cc2)[C@H]1c1cccs1. The third-order valence-electron chi connectivity index (χ3n) is 3.49. The zero-order valence-corrected chi connectivity index (χ0v) is 13.0. The number of nitrogens with two attached hydrogens (primary N) is 1. The quantitative estimate of drug-likeness (QED) is 0.872. The molecule has 110 valence electrons. The van der Waals surface area contributed by atoms with Crippen molar-refractivity contribution >= 4 is 28.9 Å². The number of nitriles is 1. The second-order valence-corrected chi connectivity index (χ2v) is 6.96. The Morgan fingerprint density at radius 1 is 1.27 bits per heavy atom. The highest BCUT2D eigenvalue weighted by Crippen LogP contribution is 2.47. The summed E-state index contributed by atoms with van der Waals surface area (Å²) < 4.78 is 13.0. The molecule has 1 aliphatic rings. The lowest BCUT2D eigenvalue weighted by molar-refractivity contribution is 0.0986. The van der Waals surface area contributed by atoms with Gasteiger partial charge in [0.15, 0.2) is 5.78 Å². The van der Waals surface area contributed by atoms with Crippen molar-refractivity contribution in [3.05, 3.63) is 68.6 Å². The van der Waals surface area contributed by atoms with Crippen LogP contribution in [-0.2, 0) is 0 Å². The van der Waals surface area contributed by atoms with Crippen molar-refractivity contribution in [3.63, 3.8) is 0 Å². The molecule has 0 aliphatic carbocycles. The fourth-order valence-electron chi connectivity index (χ4n) is 2.44. The van der Waals surface area contributed by atoms with E-state index in [-0.39, 0.29) is 17.5 Å². The lowest BCUT2D eigenvalue weighted by Gasteiger charge is -2.17. The van der Waals surface area contributed by atoms with E-state index in [0.29, 0.717) is 16.2 Å². The Hall–Kier alpha value is -2.10. The number of Topliss-reactive ketones (excluding diaryl/α,β-unsaturated/α-hetero) is 1. The normalized spacial score (nSPS) is 20.9. The summed E-state index contributed by atoms with van der Waals surface area (Å²) >= 11 is 2.70. The van der Waals surface area contributed by atoms with Crippen molar-refractivity contribution in [2.75, 3.05) is 0 Å². The summed E-state index contributed by atoms with van der Waals surface area (Å²) in [5.74, 6) is -0.870. The number of halogens is 1. The zero-order chi connectivity index (χ0) is 15.7. The second kappa shape index (κ2) is 5.95. The van der Waals surface area contributed by atoms with Gasteiger partial charge in [-0.05, 0) is 35.7 Å². The Bertz CT molecular complexity index is 775. The van der Waals surface area contributed by atoms with Crippen LogP contribution in [0.3, 0.4) is 0 Å². The molecule has 1 aliphatic heterocycles. The highest BCUT2D eigenvalue weighted by molar-refractivity contribution is 8.04. The van der Waals surface area contributed by atoms with Crippen molar-refractivity contribution in [2.24, 2.45) is 5.73 Å². The topological polar surface area (TPSA) is 66.9 Å². The van der Waals surface area contributed by atoms with Gasteiger partial charge in [-0.3, -0.25) is 4.79 Å². The van der Waals surface area contributed by atoms with E-state index in [1.54, 1.807) is 0 Å². The van der Waals surface area contributed by atoms with Crippen LogP contribution in [0.25, 0.3) is 0 Å². The molecule has 22 heavy (non-hydrogen) atoms. The van der Waals surface area contributed by atoms with Crippen LogP contribution in [-0.4, -0.2) is 11.0 Å². The number of allylic oxidation sites excluding steroid dienone is 1. The first-order valence-corrected chi connectivity index (χ1v) is 8.27. The molecule has 0 saturated carbocycles. The molecule has 2 atom stereocenters. The van der Waals surface area contributed by atoms with E-state index >= 15 is 0 Å². The molecular weight excluding hydrogens is 319 g/mol. The largest absolute Gasteiger partial charge is 0.393 e. The van der Waals surface area contributed by atoms with Crippen molar-refractivity contribution in [3.8, 4) is 6.07 Å². The maximum absolute atomic E-state index is 13.0. The summed E-state index contributed by atoms with van der Waals surface area (Å²) in [6.45, 7) is 0. The van der Waals surface area contributed by atoms with Crippen LogP contribution >= 0.6 is 23.1 Å². The first-order chi connectivity index (χ1) is 10.6. The Labute approximate surface area is 135 Å². The number of hydrogen-bond donors (Lipinski definition) is 1. The molecule has 0 saturated heterocycles. The summed E-state index contributed by atoms with van der Waals surface area (Å²) in [4.78, 5) is 13.7. The number of ketones is 1. The molecule has 6 heteroatoms. The molecule has 3 nitrogen and oxygen atoms in total. The van der Waals surface area contributed by atoms with Gasteiger partial charge in [0.2, 0.25) is 0 Å². The average molecular weight is 330 g/mol. The molecule has 2 N–H and O–H groups in total. The van der Waals surface area contributed by atoms with Gasteiger partial charge in [-0.2, -0.15) is 5.26 Å². The van der Waals surface area contributed by atoms with Crippen LogP contribution in [0.5, 0.6) is 0 Å². The Morgan fingerprint density at radius 2 is 2.00 bits per heavy atom. The van der Waals surface area contributed by atoms with Gasteiger partial charge in [0.25, 0.3) is 0 Å². The second-order valence-electron chi connectivity index (χ2n) is 4.79. The minimum absolute atomic E-state index is 0.142. The van der Waals surface area contributed by atoms with E-state index in [1.807, 2.05) is 17.5 Å². The lowest BCUT2D eigenvalue weighted by atomic mass is 9.90. The molecule has 1 aromatic carbocycles. The summed E-state index contributed by atoms with van der Waals surface area (Å²) in [5, 5.41) is 11.2. The summed E-state index contributed by atoms with van der Waals surface area (Å²) in [6.07, 6.45) is 0. The van der Waals surface area contributed by atoms with Gasteiger partial charge in [0, 0.05) is 10.4 Å². The van der Waals surface area contributed by atoms with E-state index in [9.17, 15) is 14.4 Å². The predicted octanol–water partition coefficient (Wildman–Crippen LogP) is 3.66. The standard InChI is InChI=1S/C16H11FN2OS2/c17-10-5-3-9(4-6-10)14(20)15-13(12-2-1-7-21-12)11(8-18)16(19)22-15/h1-7,13,15H,19H2/t13-,15+/m1/s1. The van der Waals surface area contributed by atoms with E-state index in [0.717, 1.165) is 4.88 Å². The number of carbonyl (C=O) groups is 1. The fraction of sp³-hybridized carbons (Fsp3) is 0.125. The summed E-state index contributed by atoms with van der Waals surface area (Å²) in [6, 6.07) is 11.4. The number of thiophene rings is 1. The summed E-state index contributed by atoms with van der Waals surface area (Å²) in [7, 11) is 0. The van der Waals surface area contributed by atoms with Crippen molar-refractivity contribution in [2.45, 2.75) is 11.2 Å². The molecule has 0 spiro atoms. The number of rotatable bonds is 3. The van der Waals surface area contributed by atoms with Crippen LogP contribution in [0.1, 0.15) is 21.2 Å². The molecule has 3 rings (SSSR count). The van der Waals surface area contributed by atoms with Gasteiger partial charge >= 0.3 is 0 Å². The minimum Gasteiger partial charge on any atom is -0.393 e. The molecule has 0 fully saturated rings. The van der Waals surface area contributed by atoms with Crippen LogP contribution < -0.4 is 5.73 Å². The van der Waals surface area contributed by atoms with Gasteiger partial charge < -0.3 is 5.73 Å². The third kappa shape index (κ3) is 2.54. The van der Waals surface area contributed by atoms with E-state index in [4.69, 9.17) is 5.73 Å². The van der Waals surface area contributed by atoms with Crippen molar-refractivity contribution in [1.29, 1.82) is 5.26 Å². The molecule has 2 aromatic rings. The van der Waals surface area contributed by atoms with Crippen molar-refractivity contribution in [1.82, 2.24) is 0 Å². The van der Waals surface area contributed by atoms with E-state index in [1.165, 1.54) is 47.4 Å². The predicted molar refractivity (Wildman–Crippen MR) is 86.0 cm³/mol. The monoisotopic (exact) mass is 330 g/mol. The van der Waals surface area contributed by atoms with Gasteiger partial charge in [-0.25, -0.2) is 4.39 Å². The van der Waals surface area contributed by atoms with Crippen LogP contribution in [0, 0.1) is 17.1 Å². The minimum atomic E-state index is -0.487. The van der Waals surface area contributed by atoms with Crippen LogP contribution in [0.4, 0.5) is 4.39 Å². The maximum Gasteiger partial charge on any atom is 0.177 e. The van der Waals surface area contributed by atoms with Crippen LogP contribution in [0.2, 0.25) is 0 Å². The molecule has 0 amide bonds. The average Bonchev–Trinajstić information content (AvgIpc) is 3.14. The Kier molecular flexibility index (Phi) is 4.01. The molecule has 1 aromatic heterocycles. The fourth-order valence-corrected chi connectivity index (χ4v) is 4.63. The highest BCUT2D eigenvalue weighted by Gasteiger charge is 2.41. The zero-order valence-electron chi connectivity index (χ0n) is 11.3. The maximum atomic E-state index is 13.0. The van der Waals surface area contributed by atoms with Gasteiger partial charge in [0.1, 0.15) is 5.82 Å². The Balaban J connectivity index is 1.98. The number of nitrogens with zero attached hydrogens (tertiary/aromatic N) is 1.